The van der Waals surface area contributed by atoms with Crippen LogP contribution in [0.5, 0.6) is 11.5 Å². The Bertz CT molecular complexity index is 1690. The maximum Gasteiger partial charge on any atom is 0.320 e. The number of fused-ring (bicyclic) bond motifs is 1. The van der Waals surface area contributed by atoms with Crippen LogP contribution in [-0.4, -0.2) is 28.6 Å². The topological polar surface area (TPSA) is 82.8 Å². The molecule has 1 heterocycles. The van der Waals surface area contributed by atoms with Crippen molar-refractivity contribution in [3.05, 3.63) is 118 Å². The summed E-state index contributed by atoms with van der Waals surface area (Å²) in [7, 11) is 0. The molecule has 1 saturated heterocycles. The first-order valence-corrected chi connectivity index (χ1v) is 15.5. The van der Waals surface area contributed by atoms with Gasteiger partial charge in [0.1, 0.15) is 30.8 Å². The van der Waals surface area contributed by atoms with Crippen molar-refractivity contribution < 1.29 is 19.4 Å². The average molecular weight is 587 g/mol. The Morgan fingerprint density at radius 3 is 2.52 bits per heavy atom. The second kappa shape index (κ2) is 13.4. The van der Waals surface area contributed by atoms with Crippen LogP contribution in [0, 0.1) is 18.3 Å². The van der Waals surface area contributed by atoms with E-state index in [4.69, 9.17) is 9.47 Å². The molecule has 224 valence electrons. The summed E-state index contributed by atoms with van der Waals surface area (Å²) in [6.45, 7) is 4.18. The SMILES string of the molecule is Cc1c(COc2cc(OCc3cccc(C#N)c3)c(CN3CCCCC3C(=O)O)c3c2CCC3)cccc1-c1ccccc1. The van der Waals surface area contributed by atoms with Gasteiger partial charge in [-0.05, 0) is 96.6 Å². The number of nitrogens with zero attached hydrogens (tertiary/aromatic N) is 2. The lowest BCUT2D eigenvalue weighted by Crippen LogP contribution is -2.44. The van der Waals surface area contributed by atoms with Gasteiger partial charge in [0, 0.05) is 18.2 Å². The molecule has 6 nitrogen and oxygen atoms in total. The van der Waals surface area contributed by atoms with Crippen LogP contribution in [-0.2, 0) is 37.4 Å². The van der Waals surface area contributed by atoms with Gasteiger partial charge in [0.25, 0.3) is 0 Å². The van der Waals surface area contributed by atoms with E-state index in [1.54, 1.807) is 6.07 Å². The highest BCUT2D eigenvalue weighted by molar-refractivity contribution is 5.73. The molecular weight excluding hydrogens is 548 g/mol. The van der Waals surface area contributed by atoms with E-state index in [0.29, 0.717) is 31.7 Å². The first-order valence-electron chi connectivity index (χ1n) is 15.5. The quantitative estimate of drug-likeness (QED) is 0.206. The molecule has 4 aromatic carbocycles. The van der Waals surface area contributed by atoms with Gasteiger partial charge in [0.05, 0.1) is 11.6 Å². The molecule has 1 N–H and O–H groups in total. The van der Waals surface area contributed by atoms with Gasteiger partial charge < -0.3 is 14.6 Å². The van der Waals surface area contributed by atoms with Gasteiger partial charge in [0.15, 0.2) is 0 Å². The number of nitriles is 1. The molecule has 1 aliphatic heterocycles. The van der Waals surface area contributed by atoms with Crippen molar-refractivity contribution in [1.82, 2.24) is 4.90 Å². The van der Waals surface area contributed by atoms with Crippen molar-refractivity contribution in [3.63, 3.8) is 0 Å². The molecule has 4 aromatic rings. The molecular formula is C38H38N2O4. The van der Waals surface area contributed by atoms with Crippen molar-refractivity contribution in [2.45, 2.75) is 71.2 Å². The average Bonchev–Trinajstić information content (AvgIpc) is 3.55. The third kappa shape index (κ3) is 6.34. The molecule has 0 amide bonds. The van der Waals surface area contributed by atoms with Crippen LogP contribution in [0.4, 0.5) is 0 Å². The zero-order valence-corrected chi connectivity index (χ0v) is 25.2. The highest BCUT2D eigenvalue weighted by Gasteiger charge is 2.32. The molecule has 0 radical (unpaired) electrons. The number of carboxylic acids is 1. The first-order chi connectivity index (χ1) is 21.5. The fourth-order valence-electron chi connectivity index (χ4n) is 6.70. The standard InChI is InChI=1S/C38H38N2O4/c1-26-30(14-8-15-31(26)29-12-3-2-4-13-29)25-44-36-21-37(43-24-28-11-7-10-27(20-28)22-39)34(32-16-9-17-33(32)36)23-40-19-6-5-18-35(40)38(41)42/h2-4,7-8,10-15,20-21,35H,5-6,9,16-19,23-25H2,1H3,(H,41,42). The van der Waals surface area contributed by atoms with Gasteiger partial charge in [-0.2, -0.15) is 5.26 Å². The van der Waals surface area contributed by atoms with E-state index in [2.05, 4.69) is 60.4 Å². The van der Waals surface area contributed by atoms with E-state index in [9.17, 15) is 15.2 Å². The maximum absolute atomic E-state index is 12.1. The van der Waals surface area contributed by atoms with Crippen LogP contribution in [0.1, 0.15) is 64.6 Å². The fraction of sp³-hybridized carbons (Fsp3) is 0.316. The summed E-state index contributed by atoms with van der Waals surface area (Å²) in [5.41, 5.74) is 9.73. The molecule has 6 heteroatoms. The zero-order valence-electron chi connectivity index (χ0n) is 25.2. The van der Waals surface area contributed by atoms with E-state index in [1.807, 2.05) is 30.3 Å². The van der Waals surface area contributed by atoms with Crippen molar-refractivity contribution in [3.8, 4) is 28.7 Å². The summed E-state index contributed by atoms with van der Waals surface area (Å²) in [4.78, 5) is 14.2. The van der Waals surface area contributed by atoms with Gasteiger partial charge in [-0.15, -0.1) is 0 Å². The first kappa shape index (κ1) is 29.5. The van der Waals surface area contributed by atoms with Crippen molar-refractivity contribution in [1.29, 1.82) is 5.26 Å². The second-order valence-electron chi connectivity index (χ2n) is 11.8. The van der Waals surface area contributed by atoms with E-state index in [-0.39, 0.29) is 0 Å². The van der Waals surface area contributed by atoms with Gasteiger partial charge in [-0.1, -0.05) is 67.1 Å². The number of likely N-dealkylation sites (tertiary alicyclic amines) is 1. The molecule has 1 aliphatic carbocycles. The molecule has 44 heavy (non-hydrogen) atoms. The number of hydrogen-bond donors (Lipinski definition) is 1. The highest BCUT2D eigenvalue weighted by atomic mass is 16.5. The predicted molar refractivity (Wildman–Crippen MR) is 171 cm³/mol. The number of rotatable bonds is 10. The monoisotopic (exact) mass is 586 g/mol. The van der Waals surface area contributed by atoms with Gasteiger partial charge in [-0.25, -0.2) is 0 Å². The number of carboxylic acid groups (broad SMARTS) is 1. The summed E-state index contributed by atoms with van der Waals surface area (Å²) >= 11 is 0. The minimum Gasteiger partial charge on any atom is -0.488 e. The molecule has 1 atom stereocenters. The summed E-state index contributed by atoms with van der Waals surface area (Å²) in [5, 5.41) is 19.3. The fourth-order valence-corrected chi connectivity index (χ4v) is 6.70. The third-order valence-corrected chi connectivity index (χ3v) is 9.06. The van der Waals surface area contributed by atoms with E-state index < -0.39 is 12.0 Å². The Labute approximate surface area is 259 Å². The predicted octanol–water partition coefficient (Wildman–Crippen LogP) is 7.62. The van der Waals surface area contributed by atoms with Gasteiger partial charge >= 0.3 is 5.97 Å². The number of piperidine rings is 1. The Kier molecular flexibility index (Phi) is 8.95. The summed E-state index contributed by atoms with van der Waals surface area (Å²) in [6, 6.07) is 28.0. The molecule has 0 saturated carbocycles. The molecule has 6 rings (SSSR count). The van der Waals surface area contributed by atoms with Crippen LogP contribution in [0.2, 0.25) is 0 Å². The molecule has 0 spiro atoms. The molecule has 0 bridgehead atoms. The van der Waals surface area contributed by atoms with E-state index in [1.165, 1.54) is 27.8 Å². The molecule has 1 unspecified atom stereocenters. The Morgan fingerprint density at radius 1 is 0.909 bits per heavy atom. The van der Waals surface area contributed by atoms with Gasteiger partial charge in [-0.3, -0.25) is 9.69 Å². The Balaban J connectivity index is 1.33. The second-order valence-corrected chi connectivity index (χ2v) is 11.8. The normalized spacial score (nSPS) is 16.2. The van der Waals surface area contributed by atoms with Crippen molar-refractivity contribution in [2.75, 3.05) is 6.54 Å². The zero-order chi connectivity index (χ0) is 30.5. The number of carbonyl (C=O) groups is 1. The summed E-state index contributed by atoms with van der Waals surface area (Å²) in [6.07, 6.45) is 5.45. The lowest BCUT2D eigenvalue weighted by molar-refractivity contribution is -0.144. The molecule has 0 aromatic heterocycles. The van der Waals surface area contributed by atoms with E-state index in [0.717, 1.165) is 66.8 Å². The van der Waals surface area contributed by atoms with Crippen LogP contribution in [0.25, 0.3) is 11.1 Å². The number of hydrogen-bond acceptors (Lipinski definition) is 5. The lowest BCUT2D eigenvalue weighted by atomic mass is 9.96. The number of aliphatic carboxylic acids is 1. The van der Waals surface area contributed by atoms with E-state index >= 15 is 0 Å². The lowest BCUT2D eigenvalue weighted by Gasteiger charge is -2.34. The highest BCUT2D eigenvalue weighted by Crippen LogP contribution is 2.41. The van der Waals surface area contributed by atoms with Crippen molar-refractivity contribution >= 4 is 5.97 Å². The van der Waals surface area contributed by atoms with Crippen molar-refractivity contribution in [2.24, 2.45) is 0 Å². The molecule has 1 fully saturated rings. The minimum atomic E-state index is -0.759. The third-order valence-electron chi connectivity index (χ3n) is 9.06. The molecule has 2 aliphatic rings. The van der Waals surface area contributed by atoms with Crippen LogP contribution < -0.4 is 9.47 Å². The van der Waals surface area contributed by atoms with Crippen LogP contribution >= 0.6 is 0 Å². The van der Waals surface area contributed by atoms with Crippen LogP contribution in [0.15, 0.2) is 78.9 Å². The van der Waals surface area contributed by atoms with Gasteiger partial charge in [0.2, 0.25) is 0 Å². The largest absolute Gasteiger partial charge is 0.488 e. The summed E-state index contributed by atoms with van der Waals surface area (Å²) in [5.74, 6) is 0.803. The summed E-state index contributed by atoms with van der Waals surface area (Å²) < 4.78 is 13.1. The smallest absolute Gasteiger partial charge is 0.320 e. The Morgan fingerprint density at radius 2 is 1.70 bits per heavy atom. The maximum atomic E-state index is 12.1. The number of benzene rings is 4. The number of ether oxygens (including phenoxy) is 2. The Hall–Kier alpha value is -4.60. The minimum absolute atomic E-state index is 0.307. The van der Waals surface area contributed by atoms with Crippen LogP contribution in [0.3, 0.4) is 0 Å².